The number of nitriles is 1. The quantitative estimate of drug-likeness (QED) is 0.913. The van der Waals surface area contributed by atoms with Crippen LogP contribution in [-0.4, -0.2) is 5.91 Å². The third-order valence-electron chi connectivity index (χ3n) is 2.75. The fourth-order valence-electron chi connectivity index (χ4n) is 1.64. The molecule has 0 radical (unpaired) electrons. The third-order valence-corrected chi connectivity index (χ3v) is 2.75. The van der Waals surface area contributed by atoms with Crippen molar-refractivity contribution in [3.8, 4) is 6.07 Å². The van der Waals surface area contributed by atoms with Crippen molar-refractivity contribution in [2.75, 3.05) is 5.32 Å². The number of carbonyl (C=O) groups excluding carboxylic acids is 1. The Bertz CT molecular complexity index is 683. The van der Waals surface area contributed by atoms with Gasteiger partial charge in [0, 0.05) is 11.3 Å². The molecule has 0 aliphatic rings. The Hall–Kier alpha value is -2.81. The number of rotatable bonds is 2. The molecule has 0 aliphatic heterocycles. The van der Waals surface area contributed by atoms with Crippen LogP contribution in [0.1, 0.15) is 21.5 Å². The van der Waals surface area contributed by atoms with Gasteiger partial charge in [-0.15, -0.1) is 0 Å². The van der Waals surface area contributed by atoms with Gasteiger partial charge in [0.15, 0.2) is 0 Å². The van der Waals surface area contributed by atoms with Crippen LogP contribution in [-0.2, 0) is 6.18 Å². The molecule has 1 N–H and O–H groups in total. The van der Waals surface area contributed by atoms with Gasteiger partial charge in [-0.25, -0.2) is 0 Å². The third kappa shape index (κ3) is 3.60. The molecule has 1 amide bonds. The number of halogens is 3. The molecule has 0 bridgehead atoms. The zero-order valence-electron chi connectivity index (χ0n) is 10.6. The first-order chi connectivity index (χ1) is 9.90. The molecule has 3 nitrogen and oxygen atoms in total. The van der Waals surface area contributed by atoms with Gasteiger partial charge in [-0.05, 0) is 48.5 Å². The topological polar surface area (TPSA) is 52.9 Å². The number of hydrogen-bond donors (Lipinski definition) is 1. The molecule has 21 heavy (non-hydrogen) atoms. The molecule has 0 aromatic heterocycles. The van der Waals surface area contributed by atoms with E-state index in [0.717, 1.165) is 24.3 Å². The van der Waals surface area contributed by atoms with E-state index in [1.54, 1.807) is 12.1 Å². The van der Waals surface area contributed by atoms with E-state index in [-0.39, 0.29) is 5.56 Å². The van der Waals surface area contributed by atoms with Crippen LogP contribution in [0.3, 0.4) is 0 Å². The maximum absolute atomic E-state index is 12.4. The van der Waals surface area contributed by atoms with Gasteiger partial charge in [0.05, 0.1) is 17.2 Å². The summed E-state index contributed by atoms with van der Waals surface area (Å²) in [5, 5.41) is 11.2. The molecule has 0 aliphatic carbocycles. The minimum atomic E-state index is -4.43. The molecule has 0 unspecified atom stereocenters. The Labute approximate surface area is 118 Å². The van der Waals surface area contributed by atoms with Crippen LogP contribution in [0.25, 0.3) is 0 Å². The summed E-state index contributed by atoms with van der Waals surface area (Å²) in [6.07, 6.45) is -4.43. The van der Waals surface area contributed by atoms with Crippen molar-refractivity contribution in [3.63, 3.8) is 0 Å². The van der Waals surface area contributed by atoms with E-state index in [0.29, 0.717) is 11.3 Å². The lowest BCUT2D eigenvalue weighted by molar-refractivity contribution is -0.137. The number of amides is 1. The van der Waals surface area contributed by atoms with Crippen molar-refractivity contribution in [1.29, 1.82) is 5.26 Å². The standard InChI is InChI=1S/C15H9F3N2O/c16-15(17,18)12-5-3-11(4-6-12)14(21)20-13-7-1-10(9-19)2-8-13/h1-8H,(H,20,21). The molecule has 2 aromatic carbocycles. The van der Waals surface area contributed by atoms with Crippen LogP contribution in [0, 0.1) is 11.3 Å². The lowest BCUT2D eigenvalue weighted by Gasteiger charge is -2.08. The molecule has 0 atom stereocenters. The molecule has 2 aromatic rings. The van der Waals surface area contributed by atoms with E-state index in [2.05, 4.69) is 5.32 Å². The molecule has 6 heteroatoms. The van der Waals surface area contributed by atoms with Crippen LogP contribution in [0.15, 0.2) is 48.5 Å². The average molecular weight is 290 g/mol. The highest BCUT2D eigenvalue weighted by Crippen LogP contribution is 2.29. The summed E-state index contributed by atoms with van der Waals surface area (Å²) in [6.45, 7) is 0. The predicted octanol–water partition coefficient (Wildman–Crippen LogP) is 3.83. The average Bonchev–Trinajstić information content (AvgIpc) is 2.47. The van der Waals surface area contributed by atoms with Gasteiger partial charge in [-0.3, -0.25) is 4.79 Å². The second kappa shape index (κ2) is 5.67. The smallest absolute Gasteiger partial charge is 0.322 e. The zero-order valence-corrected chi connectivity index (χ0v) is 10.6. The summed E-state index contributed by atoms with van der Waals surface area (Å²) in [7, 11) is 0. The number of nitrogens with zero attached hydrogens (tertiary/aromatic N) is 1. The second-order valence-corrected chi connectivity index (χ2v) is 4.22. The van der Waals surface area contributed by atoms with E-state index in [1.807, 2.05) is 6.07 Å². The summed E-state index contributed by atoms with van der Waals surface area (Å²) < 4.78 is 37.2. The van der Waals surface area contributed by atoms with Gasteiger partial charge < -0.3 is 5.32 Å². The summed E-state index contributed by atoms with van der Waals surface area (Å²) in [5.74, 6) is -0.520. The Morgan fingerprint density at radius 3 is 2.05 bits per heavy atom. The van der Waals surface area contributed by atoms with Gasteiger partial charge in [0.25, 0.3) is 5.91 Å². The first kappa shape index (κ1) is 14.6. The van der Waals surface area contributed by atoms with Crippen molar-refractivity contribution >= 4 is 11.6 Å². The Kier molecular flexibility index (Phi) is 3.94. The van der Waals surface area contributed by atoms with Crippen LogP contribution >= 0.6 is 0 Å². The van der Waals surface area contributed by atoms with Gasteiger partial charge in [0.1, 0.15) is 0 Å². The molecule has 2 rings (SSSR count). The fourth-order valence-corrected chi connectivity index (χ4v) is 1.64. The second-order valence-electron chi connectivity index (χ2n) is 4.22. The number of hydrogen-bond acceptors (Lipinski definition) is 2. The summed E-state index contributed by atoms with van der Waals surface area (Å²) in [5.41, 5.74) is 0.214. The van der Waals surface area contributed by atoms with Crippen molar-refractivity contribution in [2.24, 2.45) is 0 Å². The number of nitrogens with one attached hydrogen (secondary N) is 1. The number of anilines is 1. The lowest BCUT2D eigenvalue weighted by atomic mass is 10.1. The molecule has 106 valence electrons. The van der Waals surface area contributed by atoms with Gasteiger partial charge in [-0.2, -0.15) is 18.4 Å². The first-order valence-electron chi connectivity index (χ1n) is 5.89. The van der Waals surface area contributed by atoms with Crippen LogP contribution in [0.5, 0.6) is 0 Å². The number of carbonyl (C=O) groups is 1. The lowest BCUT2D eigenvalue weighted by Crippen LogP contribution is -2.12. The normalized spacial score (nSPS) is 10.8. The molecular formula is C15H9F3N2O. The molecular weight excluding hydrogens is 281 g/mol. The monoisotopic (exact) mass is 290 g/mol. The highest BCUT2D eigenvalue weighted by molar-refractivity contribution is 6.04. The van der Waals surface area contributed by atoms with Crippen molar-refractivity contribution in [2.45, 2.75) is 6.18 Å². The van der Waals surface area contributed by atoms with Crippen LogP contribution in [0.4, 0.5) is 18.9 Å². The van der Waals surface area contributed by atoms with Crippen LogP contribution in [0.2, 0.25) is 0 Å². The van der Waals surface area contributed by atoms with Crippen molar-refractivity contribution in [3.05, 3.63) is 65.2 Å². The van der Waals surface area contributed by atoms with Crippen molar-refractivity contribution in [1.82, 2.24) is 0 Å². The molecule has 0 saturated carbocycles. The van der Waals surface area contributed by atoms with Gasteiger partial charge in [0.2, 0.25) is 0 Å². The van der Waals surface area contributed by atoms with Gasteiger partial charge >= 0.3 is 6.18 Å². The molecule has 0 spiro atoms. The SMILES string of the molecule is N#Cc1ccc(NC(=O)c2ccc(C(F)(F)F)cc2)cc1. The summed E-state index contributed by atoms with van der Waals surface area (Å²) in [4.78, 5) is 11.9. The van der Waals surface area contributed by atoms with E-state index in [9.17, 15) is 18.0 Å². The van der Waals surface area contributed by atoms with E-state index < -0.39 is 17.6 Å². The van der Waals surface area contributed by atoms with E-state index in [4.69, 9.17) is 5.26 Å². The minimum Gasteiger partial charge on any atom is -0.322 e. The van der Waals surface area contributed by atoms with Gasteiger partial charge in [-0.1, -0.05) is 0 Å². The molecule has 0 saturated heterocycles. The Morgan fingerprint density at radius 1 is 1.00 bits per heavy atom. The maximum Gasteiger partial charge on any atom is 0.416 e. The summed E-state index contributed by atoms with van der Waals surface area (Å²) in [6, 6.07) is 12.0. The Morgan fingerprint density at radius 2 is 1.57 bits per heavy atom. The minimum absolute atomic E-state index is 0.118. The first-order valence-corrected chi connectivity index (χ1v) is 5.89. The Balaban J connectivity index is 2.11. The highest BCUT2D eigenvalue weighted by Gasteiger charge is 2.30. The van der Waals surface area contributed by atoms with E-state index >= 15 is 0 Å². The zero-order chi connectivity index (χ0) is 15.5. The van der Waals surface area contributed by atoms with Crippen molar-refractivity contribution < 1.29 is 18.0 Å². The largest absolute Gasteiger partial charge is 0.416 e. The molecule has 0 fully saturated rings. The fraction of sp³-hybridized carbons (Fsp3) is 0.0667. The maximum atomic E-state index is 12.4. The summed E-state index contributed by atoms with van der Waals surface area (Å²) >= 11 is 0. The van der Waals surface area contributed by atoms with Crippen LogP contribution < -0.4 is 5.32 Å². The highest BCUT2D eigenvalue weighted by atomic mass is 19.4. The molecule has 0 heterocycles. The number of benzene rings is 2. The van der Waals surface area contributed by atoms with E-state index in [1.165, 1.54) is 12.1 Å². The number of alkyl halides is 3. The predicted molar refractivity (Wildman–Crippen MR) is 70.6 cm³/mol.